The van der Waals surface area contributed by atoms with Crippen molar-refractivity contribution in [3.63, 3.8) is 0 Å². The van der Waals surface area contributed by atoms with Crippen LogP contribution in [-0.4, -0.2) is 91.7 Å². The molecule has 2 aliphatic heterocycles. The van der Waals surface area contributed by atoms with Gasteiger partial charge in [-0.05, 0) is 17.7 Å². The van der Waals surface area contributed by atoms with Crippen LogP contribution in [0.3, 0.4) is 0 Å². The molecule has 1 aromatic carbocycles. The van der Waals surface area contributed by atoms with E-state index in [0.29, 0.717) is 0 Å². The molecule has 2 saturated heterocycles. The summed E-state index contributed by atoms with van der Waals surface area (Å²) in [5, 5.41) is 70.4. The summed E-state index contributed by atoms with van der Waals surface area (Å²) >= 11 is 0. The van der Waals surface area contributed by atoms with Crippen molar-refractivity contribution in [3.05, 3.63) is 45.8 Å². The molecule has 7 N–H and O–H groups in total. The first-order valence-electron chi connectivity index (χ1n) is 9.76. The lowest BCUT2D eigenvalue weighted by molar-refractivity contribution is -0.231. The Balaban J connectivity index is 1.85. The number of hydrogen-bond donors (Lipinski definition) is 7. The van der Waals surface area contributed by atoms with Gasteiger partial charge >= 0.3 is 0 Å². The molecule has 0 unspecified atom stereocenters. The van der Waals surface area contributed by atoms with Crippen LogP contribution < -0.4 is 5.43 Å². The van der Waals surface area contributed by atoms with Gasteiger partial charge in [0, 0.05) is 11.6 Å². The highest BCUT2D eigenvalue weighted by atomic mass is 16.5. The molecule has 11 nitrogen and oxygen atoms in total. The van der Waals surface area contributed by atoms with Crippen LogP contribution in [0.25, 0.3) is 11.0 Å². The van der Waals surface area contributed by atoms with Crippen molar-refractivity contribution in [2.75, 3.05) is 13.2 Å². The first-order valence-corrected chi connectivity index (χ1v) is 9.76. The van der Waals surface area contributed by atoms with E-state index < -0.39 is 67.0 Å². The van der Waals surface area contributed by atoms with Gasteiger partial charge in [0.1, 0.15) is 60.5 Å². The highest BCUT2D eigenvalue weighted by molar-refractivity contribution is 5.81. The molecular weight excluding hydrogens is 416 g/mol. The Morgan fingerprint density at radius 1 is 0.903 bits per heavy atom. The van der Waals surface area contributed by atoms with Crippen molar-refractivity contribution in [1.82, 2.24) is 0 Å². The standard InChI is InChI=1S/C20H24O11/c21-5-12-14(25)15(26)17(28)20(31-12)9-4-7(3-8-10(22)1-2-29-19(8)9)18-16(27)13(24)11(23)6-30-18/h1-4,11-18,20-21,23-28H,5-6H2/t11-,12-,13+,14-,15+,16-,17-,18+,20+/m1/s1. The van der Waals surface area contributed by atoms with Crippen LogP contribution >= 0.6 is 0 Å². The molecule has 0 spiro atoms. The Labute approximate surface area is 175 Å². The van der Waals surface area contributed by atoms with Gasteiger partial charge in [-0.25, -0.2) is 0 Å². The Kier molecular flexibility index (Phi) is 6.14. The van der Waals surface area contributed by atoms with Crippen molar-refractivity contribution in [1.29, 1.82) is 0 Å². The highest BCUT2D eigenvalue weighted by Gasteiger charge is 2.45. The largest absolute Gasteiger partial charge is 0.464 e. The smallest absolute Gasteiger partial charge is 0.192 e. The fourth-order valence-electron chi connectivity index (χ4n) is 4.08. The van der Waals surface area contributed by atoms with Gasteiger partial charge in [-0.15, -0.1) is 0 Å². The molecular formula is C20H24O11. The van der Waals surface area contributed by atoms with Crippen LogP contribution in [0, 0.1) is 0 Å². The average molecular weight is 440 g/mol. The van der Waals surface area contributed by atoms with Gasteiger partial charge in [0.15, 0.2) is 5.43 Å². The molecule has 170 valence electrons. The van der Waals surface area contributed by atoms with Gasteiger partial charge in [-0.2, -0.15) is 0 Å². The van der Waals surface area contributed by atoms with E-state index in [9.17, 15) is 40.5 Å². The summed E-state index contributed by atoms with van der Waals surface area (Å²) in [4.78, 5) is 12.5. The normalized spacial score (nSPS) is 39.0. The summed E-state index contributed by atoms with van der Waals surface area (Å²) in [5.74, 6) is 0. The van der Waals surface area contributed by atoms with Crippen molar-refractivity contribution in [2.45, 2.75) is 54.9 Å². The molecule has 31 heavy (non-hydrogen) atoms. The first kappa shape index (κ1) is 22.3. The quantitative estimate of drug-likeness (QED) is 0.266. The predicted molar refractivity (Wildman–Crippen MR) is 102 cm³/mol. The molecule has 0 saturated carbocycles. The number of ether oxygens (including phenoxy) is 2. The number of rotatable bonds is 3. The molecule has 11 heteroatoms. The number of aliphatic hydroxyl groups is 7. The summed E-state index contributed by atoms with van der Waals surface area (Å²) in [5.41, 5.74) is -0.0683. The minimum absolute atomic E-state index is 0.0338. The number of hydrogen-bond acceptors (Lipinski definition) is 11. The third-order valence-corrected chi connectivity index (χ3v) is 5.84. The third kappa shape index (κ3) is 3.78. The maximum atomic E-state index is 12.5. The molecule has 2 aromatic rings. The molecule has 0 aliphatic carbocycles. The van der Waals surface area contributed by atoms with Gasteiger partial charge in [-0.3, -0.25) is 4.79 Å². The number of fused-ring (bicyclic) bond motifs is 1. The molecule has 3 heterocycles. The third-order valence-electron chi connectivity index (χ3n) is 5.84. The number of aliphatic hydroxyl groups excluding tert-OH is 7. The van der Waals surface area contributed by atoms with E-state index in [2.05, 4.69) is 0 Å². The number of benzene rings is 1. The summed E-state index contributed by atoms with van der Waals surface area (Å²) in [6.45, 7) is -0.905. The van der Waals surface area contributed by atoms with Crippen LogP contribution in [0.2, 0.25) is 0 Å². The zero-order chi connectivity index (χ0) is 22.4. The zero-order valence-electron chi connectivity index (χ0n) is 16.2. The molecule has 1 aromatic heterocycles. The van der Waals surface area contributed by atoms with Crippen molar-refractivity contribution in [3.8, 4) is 0 Å². The topological polar surface area (TPSA) is 190 Å². The Morgan fingerprint density at radius 2 is 1.61 bits per heavy atom. The second-order valence-electron chi connectivity index (χ2n) is 7.82. The highest BCUT2D eigenvalue weighted by Crippen LogP contribution is 2.39. The average Bonchev–Trinajstić information content (AvgIpc) is 2.76. The molecule has 0 amide bonds. The maximum Gasteiger partial charge on any atom is 0.192 e. The van der Waals surface area contributed by atoms with Crippen LogP contribution in [-0.2, 0) is 9.47 Å². The van der Waals surface area contributed by atoms with Crippen molar-refractivity contribution in [2.24, 2.45) is 0 Å². The lowest BCUT2D eigenvalue weighted by Crippen LogP contribution is -2.55. The van der Waals surface area contributed by atoms with E-state index in [1.807, 2.05) is 0 Å². The molecule has 0 radical (unpaired) electrons. The predicted octanol–water partition coefficient (Wildman–Crippen LogP) is -2.54. The monoisotopic (exact) mass is 440 g/mol. The first-order chi connectivity index (χ1) is 14.7. The van der Waals surface area contributed by atoms with E-state index in [-0.39, 0.29) is 28.7 Å². The van der Waals surface area contributed by atoms with E-state index in [0.717, 1.165) is 6.26 Å². The SMILES string of the molecule is O=c1ccoc2c([C@@H]3O[C@H](CO)[C@@H](O)[C@H](O)[C@H]3O)cc([C@@H]3OC[C@@H](O)[C@H](O)[C@H]3O)cc12. The van der Waals surface area contributed by atoms with Crippen LogP contribution in [0.1, 0.15) is 23.3 Å². The fraction of sp³-hybridized carbons (Fsp3) is 0.550. The summed E-state index contributed by atoms with van der Waals surface area (Å²) in [7, 11) is 0. The van der Waals surface area contributed by atoms with Gasteiger partial charge in [0.2, 0.25) is 0 Å². The second kappa shape index (κ2) is 8.54. The zero-order valence-corrected chi connectivity index (χ0v) is 16.2. The Morgan fingerprint density at radius 3 is 2.32 bits per heavy atom. The van der Waals surface area contributed by atoms with Gasteiger partial charge in [0.25, 0.3) is 0 Å². The molecule has 2 fully saturated rings. The lowest BCUT2D eigenvalue weighted by atomic mass is 9.87. The Hall–Kier alpha value is -1.93. The van der Waals surface area contributed by atoms with E-state index >= 15 is 0 Å². The minimum atomic E-state index is -1.65. The van der Waals surface area contributed by atoms with Crippen molar-refractivity contribution < 1.29 is 49.6 Å². The van der Waals surface area contributed by atoms with E-state index in [1.165, 1.54) is 18.2 Å². The summed E-state index contributed by atoms with van der Waals surface area (Å²) in [6, 6.07) is 3.98. The van der Waals surface area contributed by atoms with Crippen LogP contribution in [0.4, 0.5) is 0 Å². The van der Waals surface area contributed by atoms with E-state index in [1.54, 1.807) is 0 Å². The minimum Gasteiger partial charge on any atom is -0.464 e. The fourth-order valence-corrected chi connectivity index (χ4v) is 4.08. The molecule has 4 rings (SSSR count). The van der Waals surface area contributed by atoms with Gasteiger partial charge in [0.05, 0.1) is 24.9 Å². The molecule has 2 aliphatic rings. The van der Waals surface area contributed by atoms with Crippen molar-refractivity contribution >= 4 is 11.0 Å². The van der Waals surface area contributed by atoms with E-state index in [4.69, 9.17) is 13.9 Å². The summed E-state index contributed by atoms with van der Waals surface area (Å²) in [6.07, 6.45) is -11.6. The maximum absolute atomic E-state index is 12.5. The molecule has 0 bridgehead atoms. The van der Waals surface area contributed by atoms with Gasteiger partial charge < -0.3 is 49.6 Å². The summed E-state index contributed by atoms with van der Waals surface area (Å²) < 4.78 is 16.6. The van der Waals surface area contributed by atoms with Gasteiger partial charge in [-0.1, -0.05) is 0 Å². The second-order valence-corrected chi connectivity index (χ2v) is 7.82. The lowest BCUT2D eigenvalue weighted by Gasteiger charge is -2.40. The van der Waals surface area contributed by atoms with Crippen LogP contribution in [0.15, 0.2) is 33.7 Å². The van der Waals surface area contributed by atoms with Crippen LogP contribution in [0.5, 0.6) is 0 Å². The Bertz CT molecular complexity index is 989. The molecule has 9 atom stereocenters.